The molecule has 5 nitrogen and oxygen atoms in total. The molecule has 2 N–H and O–H groups in total. The maximum Gasteiger partial charge on any atom is 0.517 e. The van der Waals surface area contributed by atoms with Gasteiger partial charge in [-0.2, -0.15) is 0 Å². The number of cyclic esters (lactones) is 2. The van der Waals surface area contributed by atoms with Gasteiger partial charge in [0.25, 0.3) is 0 Å². The Morgan fingerprint density at radius 1 is 1.38 bits per heavy atom. The zero-order valence-corrected chi connectivity index (χ0v) is 8.08. The minimum absolute atomic E-state index is 0.434. The Kier molecular flexibility index (Phi) is 3.11. The number of hydrogen-bond acceptors (Lipinski definition) is 5. The van der Waals surface area contributed by atoms with Crippen LogP contribution in [0.1, 0.15) is 20.3 Å². The third kappa shape index (κ3) is 1.76. The Morgan fingerprint density at radius 2 is 1.92 bits per heavy atom. The zero-order chi connectivity index (χ0) is 9.90. The number of nitrogens with two attached hydrogens (primary N) is 1. The fourth-order valence-electron chi connectivity index (χ4n) is 1.55. The fourth-order valence-corrected chi connectivity index (χ4v) is 1.55. The molecule has 0 aromatic rings. The van der Waals surface area contributed by atoms with E-state index in [9.17, 15) is 4.79 Å². The van der Waals surface area contributed by atoms with Crippen molar-refractivity contribution >= 4 is 6.16 Å². The van der Waals surface area contributed by atoms with Crippen LogP contribution in [0.2, 0.25) is 0 Å². The average molecular weight is 188 g/mol. The molecule has 5 heteroatoms. The quantitative estimate of drug-likeness (QED) is 0.636. The van der Waals surface area contributed by atoms with Crippen LogP contribution in [-0.4, -0.2) is 36.6 Å². The number of rotatable bonds is 5. The van der Waals surface area contributed by atoms with Crippen LogP contribution < -0.4 is 5.73 Å². The first-order chi connectivity index (χ1) is 6.18. The Morgan fingerprint density at radius 3 is 2.23 bits per heavy atom. The Hall–Kier alpha value is -0.810. The number of carbonyl (C=O) groups is 1. The van der Waals surface area contributed by atoms with Crippen LogP contribution in [-0.2, 0) is 9.47 Å². The molecule has 1 fully saturated rings. The first-order valence-corrected chi connectivity index (χ1v) is 4.55. The van der Waals surface area contributed by atoms with Gasteiger partial charge in [0, 0.05) is 19.6 Å². The lowest BCUT2D eigenvalue weighted by Gasteiger charge is -2.45. The molecule has 76 valence electrons. The molecule has 0 saturated carbocycles. The topological polar surface area (TPSA) is 64.8 Å². The normalized spacial score (nSPS) is 19.2. The van der Waals surface area contributed by atoms with E-state index in [1.165, 1.54) is 0 Å². The minimum Gasteiger partial charge on any atom is -0.376 e. The summed E-state index contributed by atoms with van der Waals surface area (Å²) in [4.78, 5) is 12.5. The Bertz CT molecular complexity index is 184. The minimum atomic E-state index is -0.880. The predicted octanol–water partition coefficient (Wildman–Crippen LogP) is 0.498. The fraction of sp³-hybridized carbons (Fsp3) is 0.875. The molecule has 0 atom stereocenters. The number of ether oxygens (including phenoxy) is 2. The maximum atomic E-state index is 10.6. The second-order valence-corrected chi connectivity index (χ2v) is 2.88. The molecule has 13 heavy (non-hydrogen) atoms. The second kappa shape index (κ2) is 3.93. The van der Waals surface area contributed by atoms with Crippen LogP contribution in [0.3, 0.4) is 0 Å². The molecule has 0 spiro atoms. The van der Waals surface area contributed by atoms with Gasteiger partial charge in [-0.15, -0.1) is 0 Å². The first kappa shape index (κ1) is 10.3. The van der Waals surface area contributed by atoms with Crippen molar-refractivity contribution in [3.05, 3.63) is 0 Å². The van der Waals surface area contributed by atoms with Gasteiger partial charge in [0.15, 0.2) is 0 Å². The van der Waals surface area contributed by atoms with Gasteiger partial charge in [0.2, 0.25) is 0 Å². The lowest BCUT2D eigenvalue weighted by atomic mass is 10.2. The highest BCUT2D eigenvalue weighted by molar-refractivity contribution is 5.65. The van der Waals surface area contributed by atoms with Crippen molar-refractivity contribution in [3.8, 4) is 0 Å². The van der Waals surface area contributed by atoms with Crippen LogP contribution in [0.15, 0.2) is 0 Å². The van der Waals surface area contributed by atoms with Crippen molar-refractivity contribution in [1.29, 1.82) is 0 Å². The van der Waals surface area contributed by atoms with E-state index in [0.29, 0.717) is 13.0 Å². The molecule has 0 unspecified atom stereocenters. The number of nitrogens with zero attached hydrogens (tertiary/aromatic N) is 1. The molecule has 1 heterocycles. The van der Waals surface area contributed by atoms with Gasteiger partial charge < -0.3 is 15.2 Å². The van der Waals surface area contributed by atoms with E-state index >= 15 is 0 Å². The molecule has 0 aromatic carbocycles. The van der Waals surface area contributed by atoms with Crippen LogP contribution >= 0.6 is 0 Å². The monoisotopic (exact) mass is 188 g/mol. The molecular formula is C8H16N2O3. The summed E-state index contributed by atoms with van der Waals surface area (Å²) in [6, 6.07) is 0. The molecule has 1 saturated heterocycles. The smallest absolute Gasteiger partial charge is 0.376 e. The predicted molar refractivity (Wildman–Crippen MR) is 46.9 cm³/mol. The largest absolute Gasteiger partial charge is 0.517 e. The molecule has 1 rings (SSSR count). The average Bonchev–Trinajstić information content (AvgIpc) is 2.04. The molecule has 0 bridgehead atoms. The lowest BCUT2D eigenvalue weighted by molar-refractivity contribution is -0.346. The van der Waals surface area contributed by atoms with Gasteiger partial charge in [-0.3, -0.25) is 0 Å². The molecular weight excluding hydrogens is 172 g/mol. The summed E-state index contributed by atoms with van der Waals surface area (Å²) in [5.41, 5.74) is 5.42. The van der Waals surface area contributed by atoms with Crippen LogP contribution in [0.4, 0.5) is 4.79 Å². The van der Waals surface area contributed by atoms with Crippen molar-refractivity contribution in [2.75, 3.05) is 19.6 Å². The van der Waals surface area contributed by atoms with Gasteiger partial charge in [-0.05, 0) is 0 Å². The summed E-state index contributed by atoms with van der Waals surface area (Å²) < 4.78 is 9.99. The van der Waals surface area contributed by atoms with E-state index in [0.717, 1.165) is 13.1 Å². The summed E-state index contributed by atoms with van der Waals surface area (Å²) in [7, 11) is 0. The highest BCUT2D eigenvalue weighted by atomic mass is 16.9. The van der Waals surface area contributed by atoms with Gasteiger partial charge in [0.1, 0.15) is 0 Å². The molecule has 1 aliphatic heterocycles. The van der Waals surface area contributed by atoms with Crippen molar-refractivity contribution in [2.45, 2.75) is 26.2 Å². The van der Waals surface area contributed by atoms with Crippen molar-refractivity contribution in [1.82, 2.24) is 4.90 Å². The highest BCUT2D eigenvalue weighted by Gasteiger charge is 2.52. The third-order valence-corrected chi connectivity index (χ3v) is 2.19. The zero-order valence-electron chi connectivity index (χ0n) is 8.08. The summed E-state index contributed by atoms with van der Waals surface area (Å²) in [6.07, 6.45) is -0.0965. The van der Waals surface area contributed by atoms with Crippen molar-refractivity contribution < 1.29 is 14.3 Å². The van der Waals surface area contributed by atoms with Gasteiger partial charge in [-0.25, -0.2) is 9.69 Å². The maximum absolute atomic E-state index is 10.6. The van der Waals surface area contributed by atoms with Gasteiger partial charge in [-0.1, -0.05) is 13.8 Å². The van der Waals surface area contributed by atoms with Crippen LogP contribution in [0.5, 0.6) is 0 Å². The van der Waals surface area contributed by atoms with E-state index in [2.05, 4.69) is 0 Å². The van der Waals surface area contributed by atoms with Crippen molar-refractivity contribution in [2.24, 2.45) is 5.73 Å². The van der Waals surface area contributed by atoms with E-state index in [1.54, 1.807) is 0 Å². The first-order valence-electron chi connectivity index (χ1n) is 4.55. The molecule has 0 aromatic heterocycles. The van der Waals surface area contributed by atoms with Crippen LogP contribution in [0.25, 0.3) is 0 Å². The second-order valence-electron chi connectivity index (χ2n) is 2.88. The summed E-state index contributed by atoms with van der Waals surface area (Å²) >= 11 is 0. The molecule has 0 amide bonds. The van der Waals surface area contributed by atoms with E-state index in [4.69, 9.17) is 15.2 Å². The summed E-state index contributed by atoms with van der Waals surface area (Å²) in [5.74, 6) is -0.880. The summed E-state index contributed by atoms with van der Waals surface area (Å²) in [5, 5.41) is 0. The lowest BCUT2D eigenvalue weighted by Crippen LogP contribution is -2.62. The molecule has 0 aliphatic carbocycles. The number of hydrogen-bond donors (Lipinski definition) is 1. The van der Waals surface area contributed by atoms with Crippen LogP contribution in [0, 0.1) is 0 Å². The van der Waals surface area contributed by atoms with Crippen molar-refractivity contribution in [3.63, 3.8) is 0 Å². The Balaban J connectivity index is 2.61. The standard InChI is InChI=1S/C8H16N2O3/c1-3-10(4-2)8(5-6-9)12-7(11)13-8/h3-6,9H2,1-2H3. The third-order valence-electron chi connectivity index (χ3n) is 2.19. The molecule has 0 radical (unpaired) electrons. The van der Waals surface area contributed by atoms with E-state index in [1.807, 2.05) is 18.7 Å². The van der Waals surface area contributed by atoms with Gasteiger partial charge in [0.05, 0.1) is 6.42 Å². The summed E-state index contributed by atoms with van der Waals surface area (Å²) in [6.45, 7) is 5.94. The number of carbonyl (C=O) groups excluding carboxylic acids is 1. The Labute approximate surface area is 77.8 Å². The highest BCUT2D eigenvalue weighted by Crippen LogP contribution is 2.31. The van der Waals surface area contributed by atoms with E-state index < -0.39 is 12.1 Å². The van der Waals surface area contributed by atoms with E-state index in [-0.39, 0.29) is 0 Å². The molecule has 1 aliphatic rings. The van der Waals surface area contributed by atoms with Gasteiger partial charge >= 0.3 is 12.1 Å². The SMILES string of the molecule is CCN(CC)C1(CCN)OC(=O)O1.